The second-order valence-corrected chi connectivity index (χ2v) is 6.65. The summed E-state index contributed by atoms with van der Waals surface area (Å²) in [6.07, 6.45) is 1.51. The van der Waals surface area contributed by atoms with E-state index in [0.717, 1.165) is 16.3 Å². The lowest BCUT2D eigenvalue weighted by molar-refractivity contribution is -0.117. The van der Waals surface area contributed by atoms with Crippen LogP contribution in [0.2, 0.25) is 0 Å². The van der Waals surface area contributed by atoms with Gasteiger partial charge in [0.15, 0.2) is 11.7 Å². The summed E-state index contributed by atoms with van der Waals surface area (Å²) >= 11 is 1.51. The van der Waals surface area contributed by atoms with Crippen LogP contribution >= 0.6 is 11.3 Å². The maximum Gasteiger partial charge on any atom is 0.250 e. The first-order valence-corrected chi connectivity index (χ1v) is 8.63. The number of benzene rings is 1. The molecule has 7 nitrogen and oxygen atoms in total. The van der Waals surface area contributed by atoms with Crippen LogP contribution in [0.15, 0.2) is 41.9 Å². The van der Waals surface area contributed by atoms with Gasteiger partial charge in [-0.05, 0) is 13.0 Å². The van der Waals surface area contributed by atoms with Gasteiger partial charge in [-0.1, -0.05) is 18.2 Å². The van der Waals surface area contributed by atoms with Crippen LogP contribution in [0.4, 0.5) is 5.82 Å². The molecule has 3 aromatic rings. The first kappa shape index (κ1) is 17.5. The highest BCUT2D eigenvalue weighted by Crippen LogP contribution is 2.23. The minimum atomic E-state index is -1.45. The quantitative estimate of drug-likeness (QED) is 0.553. The Morgan fingerprint density at radius 2 is 2.15 bits per heavy atom. The third kappa shape index (κ3) is 3.53. The van der Waals surface area contributed by atoms with Crippen LogP contribution in [0.5, 0.6) is 0 Å². The number of nitriles is 1. The summed E-state index contributed by atoms with van der Waals surface area (Å²) in [6, 6.07) is 10.2. The van der Waals surface area contributed by atoms with Crippen LogP contribution < -0.4 is 5.32 Å². The highest BCUT2D eigenvalue weighted by atomic mass is 32.1. The fourth-order valence-electron chi connectivity index (χ4n) is 2.43. The van der Waals surface area contributed by atoms with E-state index in [1.165, 1.54) is 22.2 Å². The van der Waals surface area contributed by atoms with Gasteiger partial charge < -0.3 is 5.32 Å². The molecule has 0 aliphatic rings. The van der Waals surface area contributed by atoms with Gasteiger partial charge in [0.25, 0.3) is 5.91 Å². The summed E-state index contributed by atoms with van der Waals surface area (Å²) in [5.41, 5.74) is 1.82. The van der Waals surface area contributed by atoms with E-state index >= 15 is 0 Å². The zero-order chi connectivity index (χ0) is 18.7. The van der Waals surface area contributed by atoms with Crippen molar-refractivity contribution in [2.24, 2.45) is 13.0 Å². The van der Waals surface area contributed by atoms with Crippen LogP contribution in [-0.2, 0) is 11.8 Å². The number of hydrogen-bond acceptors (Lipinski definition) is 6. The molecule has 1 aromatic carbocycles. The molecule has 130 valence electrons. The Labute approximate surface area is 153 Å². The zero-order valence-electron chi connectivity index (χ0n) is 14.1. The van der Waals surface area contributed by atoms with Crippen molar-refractivity contribution in [1.82, 2.24) is 14.8 Å². The molecule has 0 fully saturated rings. The van der Waals surface area contributed by atoms with E-state index in [9.17, 15) is 14.9 Å². The van der Waals surface area contributed by atoms with Crippen molar-refractivity contribution in [3.63, 3.8) is 0 Å². The van der Waals surface area contributed by atoms with E-state index in [-0.39, 0.29) is 0 Å². The van der Waals surface area contributed by atoms with Gasteiger partial charge in [-0.15, -0.1) is 11.3 Å². The summed E-state index contributed by atoms with van der Waals surface area (Å²) in [5, 5.41) is 18.7. The van der Waals surface area contributed by atoms with Crippen molar-refractivity contribution in [1.29, 1.82) is 5.26 Å². The van der Waals surface area contributed by atoms with Gasteiger partial charge >= 0.3 is 0 Å². The van der Waals surface area contributed by atoms with Crippen LogP contribution in [0.1, 0.15) is 15.4 Å². The highest BCUT2D eigenvalue weighted by molar-refractivity contribution is 7.09. The van der Waals surface area contributed by atoms with E-state index in [1.807, 2.05) is 18.4 Å². The number of aromatic nitrogens is 3. The summed E-state index contributed by atoms with van der Waals surface area (Å²) in [5.74, 6) is -2.27. The molecule has 3 rings (SSSR count). The number of nitrogens with zero attached hydrogens (tertiary/aromatic N) is 4. The molecule has 0 aliphatic carbocycles. The van der Waals surface area contributed by atoms with Crippen molar-refractivity contribution in [3.8, 4) is 17.3 Å². The van der Waals surface area contributed by atoms with Gasteiger partial charge in [0.1, 0.15) is 5.82 Å². The van der Waals surface area contributed by atoms with E-state index in [1.54, 1.807) is 37.4 Å². The van der Waals surface area contributed by atoms with Crippen molar-refractivity contribution in [2.75, 3.05) is 5.32 Å². The first-order valence-electron chi connectivity index (χ1n) is 7.75. The van der Waals surface area contributed by atoms with Crippen molar-refractivity contribution in [2.45, 2.75) is 6.92 Å². The summed E-state index contributed by atoms with van der Waals surface area (Å²) in [4.78, 5) is 29.5. The van der Waals surface area contributed by atoms with Gasteiger partial charge in [-0.3, -0.25) is 14.3 Å². The van der Waals surface area contributed by atoms with Gasteiger partial charge in [-0.25, -0.2) is 4.98 Å². The van der Waals surface area contributed by atoms with Crippen molar-refractivity contribution < 1.29 is 9.59 Å². The predicted octanol–water partition coefficient (Wildman–Crippen LogP) is 2.81. The number of rotatable bonds is 5. The van der Waals surface area contributed by atoms with E-state index in [4.69, 9.17) is 0 Å². The summed E-state index contributed by atoms with van der Waals surface area (Å²) in [6.45, 7) is 1.90. The fraction of sp³-hybridized carbons (Fsp3) is 0.167. The Morgan fingerprint density at radius 3 is 2.77 bits per heavy atom. The summed E-state index contributed by atoms with van der Waals surface area (Å²) < 4.78 is 1.45. The molecule has 0 bridgehead atoms. The Bertz CT molecular complexity index is 1010. The predicted molar refractivity (Wildman–Crippen MR) is 97.6 cm³/mol. The molecule has 1 atom stereocenters. The third-order valence-electron chi connectivity index (χ3n) is 3.79. The molecule has 26 heavy (non-hydrogen) atoms. The van der Waals surface area contributed by atoms with Crippen LogP contribution in [0, 0.1) is 24.2 Å². The Balaban J connectivity index is 1.84. The largest absolute Gasteiger partial charge is 0.309 e. The summed E-state index contributed by atoms with van der Waals surface area (Å²) in [7, 11) is 1.65. The van der Waals surface area contributed by atoms with Crippen molar-refractivity contribution in [3.05, 3.63) is 52.5 Å². The first-order chi connectivity index (χ1) is 12.5. The molecule has 2 heterocycles. The van der Waals surface area contributed by atoms with Crippen LogP contribution in [0.25, 0.3) is 11.3 Å². The van der Waals surface area contributed by atoms with Crippen LogP contribution in [0.3, 0.4) is 0 Å². The number of hydrogen-bond donors (Lipinski definition) is 1. The maximum absolute atomic E-state index is 12.7. The zero-order valence-corrected chi connectivity index (χ0v) is 14.9. The van der Waals surface area contributed by atoms with Crippen molar-refractivity contribution >= 4 is 28.8 Å². The second-order valence-electron chi connectivity index (χ2n) is 5.59. The molecule has 1 amide bonds. The number of aryl methyl sites for hydroxylation is 2. The molecule has 0 spiro atoms. The molecule has 0 saturated carbocycles. The lowest BCUT2D eigenvalue weighted by atomic mass is 9.96. The highest BCUT2D eigenvalue weighted by Gasteiger charge is 2.28. The second kappa shape index (κ2) is 7.29. The molecule has 1 N–H and O–H groups in total. The monoisotopic (exact) mass is 365 g/mol. The minimum absolute atomic E-state index is 0.292. The Morgan fingerprint density at radius 1 is 1.35 bits per heavy atom. The van der Waals surface area contributed by atoms with Gasteiger partial charge in [0.2, 0.25) is 0 Å². The molecular formula is C18H15N5O2S. The lowest BCUT2D eigenvalue weighted by Crippen LogP contribution is -2.29. The molecular weight excluding hydrogens is 350 g/mol. The van der Waals surface area contributed by atoms with Gasteiger partial charge in [-0.2, -0.15) is 10.4 Å². The number of thiazole rings is 1. The SMILES string of the molecule is Cc1nc(-c2cccc(C(=O)[C@H](C#N)C(=O)Nc3ccnn3C)c2)cs1. The number of carbonyl (C=O) groups is 2. The van der Waals surface area contributed by atoms with E-state index < -0.39 is 17.6 Å². The molecule has 0 unspecified atom stereocenters. The molecule has 8 heteroatoms. The number of amides is 1. The number of nitrogens with one attached hydrogen (secondary N) is 1. The van der Waals surface area contributed by atoms with E-state index in [0.29, 0.717) is 11.4 Å². The average molecular weight is 365 g/mol. The molecule has 0 aliphatic heterocycles. The van der Waals surface area contributed by atoms with E-state index in [2.05, 4.69) is 15.4 Å². The number of carbonyl (C=O) groups excluding carboxylic acids is 2. The Hall–Kier alpha value is -3.31. The number of Topliss-reactive ketones (excluding diaryl/α,β-unsaturated/α-hetero) is 1. The molecule has 0 radical (unpaired) electrons. The standard InChI is InChI=1S/C18H15N5O2S/c1-11-21-15(10-26-11)12-4-3-5-13(8-12)17(24)14(9-19)18(25)22-16-6-7-20-23(16)2/h3-8,10,14H,1-2H3,(H,22,25)/t14-/m0/s1. The van der Waals surface area contributed by atoms with Gasteiger partial charge in [0, 0.05) is 29.6 Å². The molecule has 2 aromatic heterocycles. The third-order valence-corrected chi connectivity index (χ3v) is 4.56. The number of ketones is 1. The maximum atomic E-state index is 12.7. The lowest BCUT2D eigenvalue weighted by Gasteiger charge is -2.10. The Kier molecular flexibility index (Phi) is 4.91. The van der Waals surface area contributed by atoms with Gasteiger partial charge in [0.05, 0.1) is 23.0 Å². The number of anilines is 1. The minimum Gasteiger partial charge on any atom is -0.309 e. The average Bonchev–Trinajstić information content (AvgIpc) is 3.24. The smallest absolute Gasteiger partial charge is 0.250 e. The normalized spacial score (nSPS) is 11.6. The van der Waals surface area contributed by atoms with Crippen LogP contribution in [-0.4, -0.2) is 26.5 Å². The topological polar surface area (TPSA) is 101 Å². The molecule has 0 saturated heterocycles. The fourth-order valence-corrected chi connectivity index (χ4v) is 3.05.